The van der Waals surface area contributed by atoms with E-state index in [0.29, 0.717) is 5.75 Å². The first-order valence-electron chi connectivity index (χ1n) is 2.69. The molecular formula is C5H10N2O2S3. The predicted octanol–water partition coefficient (Wildman–Crippen LogP) is 0.869. The van der Waals surface area contributed by atoms with E-state index in [4.69, 9.17) is 10.8 Å². The second kappa shape index (κ2) is 10.5. The number of thiocarbonyl (C=S) groups is 2. The number of nitrogens with two attached hydrogens (primary N) is 2. The van der Waals surface area contributed by atoms with E-state index in [1.54, 1.807) is 6.08 Å². The molecule has 0 heterocycles. The summed E-state index contributed by atoms with van der Waals surface area (Å²) in [5.74, 6) is 0.706. The van der Waals surface area contributed by atoms with E-state index < -0.39 is 5.17 Å². The van der Waals surface area contributed by atoms with E-state index in [1.807, 2.05) is 0 Å². The first-order chi connectivity index (χ1) is 5.50. The van der Waals surface area contributed by atoms with Crippen molar-refractivity contribution in [1.82, 2.24) is 0 Å². The van der Waals surface area contributed by atoms with Crippen LogP contribution in [-0.4, -0.2) is 21.2 Å². The minimum atomic E-state index is -0.500. The summed E-state index contributed by atoms with van der Waals surface area (Å²) in [6.45, 7) is 3.47. The fraction of sp³-hybridized carbons (Fsp3) is 0.200. The van der Waals surface area contributed by atoms with Crippen LogP contribution in [0, 0.1) is 0 Å². The molecule has 0 bridgehead atoms. The van der Waals surface area contributed by atoms with Crippen LogP contribution < -0.4 is 11.5 Å². The van der Waals surface area contributed by atoms with Gasteiger partial charge in [-0.15, -0.1) is 6.58 Å². The van der Waals surface area contributed by atoms with Crippen LogP contribution in [-0.2, 0) is 4.18 Å². The molecule has 0 aliphatic heterocycles. The molecule has 7 heteroatoms. The van der Waals surface area contributed by atoms with Crippen molar-refractivity contribution in [2.45, 2.75) is 0 Å². The molecule has 0 atom stereocenters. The van der Waals surface area contributed by atoms with Crippen LogP contribution in [0.15, 0.2) is 12.7 Å². The molecule has 0 amide bonds. The van der Waals surface area contributed by atoms with Gasteiger partial charge >= 0.3 is 0 Å². The van der Waals surface area contributed by atoms with Crippen LogP contribution in [0.1, 0.15) is 0 Å². The molecular weight excluding hydrogens is 216 g/mol. The average Bonchev–Trinajstić information content (AvgIpc) is 1.86. The third-order valence-electron chi connectivity index (χ3n) is 0.327. The molecule has 0 unspecified atom stereocenters. The van der Waals surface area contributed by atoms with E-state index >= 15 is 0 Å². The van der Waals surface area contributed by atoms with E-state index in [2.05, 4.69) is 40.9 Å². The Morgan fingerprint density at radius 1 is 1.58 bits per heavy atom. The van der Waals surface area contributed by atoms with Gasteiger partial charge in [0.2, 0.25) is 0 Å². The molecule has 0 radical (unpaired) electrons. The van der Waals surface area contributed by atoms with Gasteiger partial charge in [-0.05, 0) is 24.4 Å². The first kappa shape index (κ1) is 14.0. The van der Waals surface area contributed by atoms with Gasteiger partial charge in [0.15, 0.2) is 0 Å². The first-order valence-corrected chi connectivity index (χ1v) is 4.41. The van der Waals surface area contributed by atoms with Crippen LogP contribution in [0.3, 0.4) is 0 Å². The lowest BCUT2D eigenvalue weighted by Crippen LogP contribution is -2.07. The molecule has 0 aromatic carbocycles. The lowest BCUT2D eigenvalue weighted by Gasteiger charge is -1.94. The Balaban J connectivity index is 0. The summed E-state index contributed by atoms with van der Waals surface area (Å²) in [5, 5.41) is 7.13. The largest absolute Gasteiger partial charge is 0.487 e. The highest BCUT2D eigenvalue weighted by Gasteiger charge is 1.85. The van der Waals surface area contributed by atoms with Crippen molar-refractivity contribution in [3.05, 3.63) is 12.7 Å². The molecule has 0 aromatic heterocycles. The fourth-order valence-electron chi connectivity index (χ4n) is 0.140. The number of hydrogen-bond acceptors (Lipinski definition) is 4. The van der Waals surface area contributed by atoms with Gasteiger partial charge in [0.1, 0.15) is 0 Å². The smallest absolute Gasteiger partial charge is 0.267 e. The molecule has 0 spiro atoms. The standard InChI is InChI=1S/C4H7NOS2.CH3NOS/c1-2-3-8-6-4(5)7;2-1(3)4/h2H,1,3H2,(H2,5,7);(H3,2,3,4). The molecule has 0 aliphatic carbocycles. The van der Waals surface area contributed by atoms with Crippen LogP contribution in [0.4, 0.5) is 0 Å². The Hall–Kier alpha value is -0.530. The summed E-state index contributed by atoms with van der Waals surface area (Å²) >= 11 is 9.46. The van der Waals surface area contributed by atoms with Gasteiger partial charge in [0, 0.05) is 5.75 Å². The molecule has 0 saturated heterocycles. The molecule has 0 rings (SSSR count). The van der Waals surface area contributed by atoms with Crippen LogP contribution >= 0.6 is 36.5 Å². The van der Waals surface area contributed by atoms with Crippen LogP contribution in [0.5, 0.6) is 0 Å². The lowest BCUT2D eigenvalue weighted by atomic mass is 10.8. The summed E-state index contributed by atoms with van der Waals surface area (Å²) in [4.78, 5) is 0. The Morgan fingerprint density at radius 2 is 2.00 bits per heavy atom. The monoisotopic (exact) mass is 226 g/mol. The topological polar surface area (TPSA) is 81.5 Å². The van der Waals surface area contributed by atoms with Crippen molar-refractivity contribution in [2.75, 3.05) is 5.75 Å². The number of hydrogen-bond donors (Lipinski definition) is 3. The van der Waals surface area contributed by atoms with Gasteiger partial charge in [0.05, 0.1) is 12.0 Å². The molecule has 0 aromatic rings. The van der Waals surface area contributed by atoms with Crippen molar-refractivity contribution in [3.8, 4) is 0 Å². The van der Waals surface area contributed by atoms with Gasteiger partial charge in [0.25, 0.3) is 10.3 Å². The van der Waals surface area contributed by atoms with Crippen molar-refractivity contribution in [2.24, 2.45) is 11.5 Å². The molecule has 4 nitrogen and oxygen atoms in total. The maximum atomic E-state index is 7.56. The molecule has 0 aliphatic rings. The van der Waals surface area contributed by atoms with Crippen molar-refractivity contribution in [3.63, 3.8) is 0 Å². The zero-order valence-corrected chi connectivity index (χ0v) is 8.68. The minimum absolute atomic E-state index is 0.0665. The molecule has 0 fully saturated rings. The number of aliphatic hydroxyl groups is 1. The SMILES string of the molecule is C=CCSOC(N)=S.NC(O)=S. The quantitative estimate of drug-likeness (QED) is 0.285. The maximum Gasteiger partial charge on any atom is 0.267 e. The summed E-state index contributed by atoms with van der Waals surface area (Å²) in [7, 11) is 0. The van der Waals surface area contributed by atoms with Crippen molar-refractivity contribution < 1.29 is 9.29 Å². The predicted molar refractivity (Wildman–Crippen MR) is 59.9 cm³/mol. The summed E-state index contributed by atoms with van der Waals surface area (Å²) in [5.41, 5.74) is 9.39. The third kappa shape index (κ3) is 34.0. The summed E-state index contributed by atoms with van der Waals surface area (Å²) < 4.78 is 4.64. The third-order valence-corrected chi connectivity index (χ3v) is 1.18. The zero-order chi connectivity index (χ0) is 9.98. The molecule has 0 saturated carbocycles. The second-order valence-electron chi connectivity index (χ2n) is 1.31. The van der Waals surface area contributed by atoms with Crippen LogP contribution in [0.2, 0.25) is 0 Å². The fourth-order valence-corrected chi connectivity index (χ4v) is 0.565. The van der Waals surface area contributed by atoms with Crippen LogP contribution in [0.25, 0.3) is 0 Å². The highest BCUT2D eigenvalue weighted by atomic mass is 32.2. The highest BCUT2D eigenvalue weighted by molar-refractivity contribution is 7.96. The number of aliphatic hydroxyl groups excluding tert-OH is 1. The van der Waals surface area contributed by atoms with Gasteiger partial charge in [-0.3, -0.25) is 0 Å². The van der Waals surface area contributed by atoms with E-state index in [9.17, 15) is 0 Å². The van der Waals surface area contributed by atoms with Gasteiger partial charge < -0.3 is 20.8 Å². The Labute approximate surface area is 86.2 Å². The molecule has 12 heavy (non-hydrogen) atoms. The van der Waals surface area contributed by atoms with E-state index in [1.165, 1.54) is 12.0 Å². The average molecular weight is 226 g/mol. The van der Waals surface area contributed by atoms with Gasteiger partial charge in [-0.2, -0.15) is 0 Å². The normalized spacial score (nSPS) is 7.33. The minimum Gasteiger partial charge on any atom is -0.487 e. The van der Waals surface area contributed by atoms with Crippen molar-refractivity contribution >= 4 is 46.8 Å². The van der Waals surface area contributed by atoms with Gasteiger partial charge in [-0.1, -0.05) is 6.08 Å². The summed E-state index contributed by atoms with van der Waals surface area (Å²) in [6, 6.07) is 0. The maximum absolute atomic E-state index is 7.56. The molecule has 5 N–H and O–H groups in total. The van der Waals surface area contributed by atoms with Gasteiger partial charge in [-0.25, -0.2) is 0 Å². The number of rotatable bonds is 3. The summed E-state index contributed by atoms with van der Waals surface area (Å²) in [6.07, 6.45) is 1.71. The van der Waals surface area contributed by atoms with E-state index in [-0.39, 0.29) is 5.17 Å². The Kier molecular flexibility index (Phi) is 12.2. The van der Waals surface area contributed by atoms with E-state index in [0.717, 1.165) is 0 Å². The zero-order valence-electron chi connectivity index (χ0n) is 6.23. The highest BCUT2D eigenvalue weighted by Crippen LogP contribution is 2.00. The van der Waals surface area contributed by atoms with Crippen molar-refractivity contribution in [1.29, 1.82) is 0 Å². The lowest BCUT2D eigenvalue weighted by molar-refractivity contribution is 0.560. The molecule has 70 valence electrons. The second-order valence-corrected chi connectivity index (χ2v) is 2.87. The Morgan fingerprint density at radius 3 is 2.25 bits per heavy atom. The Bertz CT molecular complexity index is 159.